The number of nitrogens with one attached hydrogen (secondary N) is 1. The second-order valence-corrected chi connectivity index (χ2v) is 6.38. The minimum Gasteiger partial charge on any atom is -0.497 e. The first-order chi connectivity index (χ1) is 10.5. The van der Waals surface area contributed by atoms with Crippen LogP contribution in [0.1, 0.15) is 31.7 Å². The van der Waals surface area contributed by atoms with E-state index in [0.29, 0.717) is 6.54 Å². The van der Waals surface area contributed by atoms with Crippen LogP contribution in [0.2, 0.25) is 0 Å². The minimum absolute atomic E-state index is 0.0309. The predicted molar refractivity (Wildman–Crippen MR) is 82.6 cm³/mol. The van der Waals surface area contributed by atoms with Crippen molar-refractivity contribution in [1.29, 1.82) is 0 Å². The Morgan fingerprint density at radius 1 is 1.23 bits per heavy atom. The molecule has 3 rings (SSSR count). The summed E-state index contributed by atoms with van der Waals surface area (Å²) in [6.45, 7) is 4.57. The number of benzene rings is 1. The first kappa shape index (κ1) is 14.9. The standard InChI is InChI=1S/C17H22N2O3/c1-10(2)14-17(21)19-9-8-13(15(19)16(20)18-14)11-4-6-12(22-3)7-5-11/h4-7,10,13-15H,8-9H2,1-3H3,(H,18,20). The summed E-state index contributed by atoms with van der Waals surface area (Å²) in [4.78, 5) is 26.8. The molecule has 0 bridgehead atoms. The van der Waals surface area contributed by atoms with Gasteiger partial charge in [0.05, 0.1) is 7.11 Å². The van der Waals surface area contributed by atoms with Crippen molar-refractivity contribution in [2.24, 2.45) is 5.92 Å². The molecule has 3 atom stereocenters. The number of nitrogens with zero attached hydrogens (tertiary/aromatic N) is 1. The molecule has 1 aromatic carbocycles. The topological polar surface area (TPSA) is 58.6 Å². The molecule has 1 aromatic rings. The number of piperazine rings is 1. The monoisotopic (exact) mass is 302 g/mol. The number of carbonyl (C=O) groups is 2. The molecule has 2 saturated heterocycles. The molecule has 0 aliphatic carbocycles. The van der Waals surface area contributed by atoms with Gasteiger partial charge in [0, 0.05) is 12.5 Å². The summed E-state index contributed by atoms with van der Waals surface area (Å²) in [5.41, 5.74) is 1.08. The summed E-state index contributed by atoms with van der Waals surface area (Å²) in [5, 5.41) is 2.90. The number of fused-ring (bicyclic) bond motifs is 1. The number of ether oxygens (including phenoxy) is 1. The van der Waals surface area contributed by atoms with E-state index in [1.54, 1.807) is 12.0 Å². The van der Waals surface area contributed by atoms with E-state index >= 15 is 0 Å². The van der Waals surface area contributed by atoms with Crippen LogP contribution < -0.4 is 10.1 Å². The Morgan fingerprint density at radius 2 is 1.91 bits per heavy atom. The second-order valence-electron chi connectivity index (χ2n) is 6.38. The van der Waals surface area contributed by atoms with E-state index in [1.165, 1.54) is 0 Å². The van der Waals surface area contributed by atoms with Crippen molar-refractivity contribution in [3.63, 3.8) is 0 Å². The Hall–Kier alpha value is -2.04. The van der Waals surface area contributed by atoms with Gasteiger partial charge in [-0.15, -0.1) is 0 Å². The summed E-state index contributed by atoms with van der Waals surface area (Å²) < 4.78 is 5.17. The molecule has 0 radical (unpaired) electrons. The molecule has 22 heavy (non-hydrogen) atoms. The van der Waals surface area contributed by atoms with Crippen molar-refractivity contribution in [2.75, 3.05) is 13.7 Å². The maximum Gasteiger partial charge on any atom is 0.246 e. The van der Waals surface area contributed by atoms with Crippen LogP contribution >= 0.6 is 0 Å². The Kier molecular flexibility index (Phi) is 3.81. The average molecular weight is 302 g/mol. The summed E-state index contributed by atoms with van der Waals surface area (Å²) in [7, 11) is 1.63. The highest BCUT2D eigenvalue weighted by Gasteiger charge is 2.49. The molecule has 2 aliphatic rings. The summed E-state index contributed by atoms with van der Waals surface area (Å²) in [6, 6.07) is 7.00. The van der Waals surface area contributed by atoms with Gasteiger partial charge in [-0.25, -0.2) is 0 Å². The van der Waals surface area contributed by atoms with Crippen molar-refractivity contribution in [1.82, 2.24) is 10.2 Å². The van der Waals surface area contributed by atoms with Crippen molar-refractivity contribution in [3.8, 4) is 5.75 Å². The van der Waals surface area contributed by atoms with Crippen LogP contribution in [0, 0.1) is 5.92 Å². The third kappa shape index (κ3) is 2.34. The van der Waals surface area contributed by atoms with E-state index in [9.17, 15) is 9.59 Å². The molecule has 5 nitrogen and oxygen atoms in total. The molecule has 5 heteroatoms. The van der Waals surface area contributed by atoms with Crippen LogP contribution in [0.3, 0.4) is 0 Å². The number of hydrogen-bond acceptors (Lipinski definition) is 3. The van der Waals surface area contributed by atoms with E-state index in [-0.39, 0.29) is 29.7 Å². The highest BCUT2D eigenvalue weighted by Crippen LogP contribution is 2.36. The van der Waals surface area contributed by atoms with Gasteiger partial charge in [0.25, 0.3) is 0 Å². The van der Waals surface area contributed by atoms with Crippen LogP contribution in [0.4, 0.5) is 0 Å². The summed E-state index contributed by atoms with van der Waals surface area (Å²) in [6.07, 6.45) is 0.820. The molecule has 2 aliphatic heterocycles. The predicted octanol–water partition coefficient (Wildman–Crippen LogP) is 1.53. The number of amides is 2. The summed E-state index contributed by atoms with van der Waals surface area (Å²) >= 11 is 0. The largest absolute Gasteiger partial charge is 0.497 e. The van der Waals surface area contributed by atoms with Gasteiger partial charge >= 0.3 is 0 Å². The van der Waals surface area contributed by atoms with Gasteiger partial charge in [0.1, 0.15) is 17.8 Å². The van der Waals surface area contributed by atoms with E-state index in [1.807, 2.05) is 38.1 Å². The van der Waals surface area contributed by atoms with E-state index < -0.39 is 6.04 Å². The molecule has 3 unspecified atom stereocenters. The molecule has 1 N–H and O–H groups in total. The summed E-state index contributed by atoms with van der Waals surface area (Å²) in [5.74, 6) is 0.982. The second kappa shape index (κ2) is 5.63. The smallest absolute Gasteiger partial charge is 0.246 e. The fraction of sp³-hybridized carbons (Fsp3) is 0.529. The van der Waals surface area contributed by atoms with Crippen molar-refractivity contribution in [3.05, 3.63) is 29.8 Å². The zero-order valence-corrected chi connectivity index (χ0v) is 13.2. The molecule has 118 valence electrons. The van der Waals surface area contributed by atoms with Gasteiger partial charge in [-0.05, 0) is 30.0 Å². The highest BCUT2D eigenvalue weighted by atomic mass is 16.5. The fourth-order valence-corrected chi connectivity index (χ4v) is 3.49. The van der Waals surface area contributed by atoms with E-state index in [4.69, 9.17) is 4.74 Å². The molecular weight excluding hydrogens is 280 g/mol. The van der Waals surface area contributed by atoms with E-state index in [2.05, 4.69) is 5.32 Å². The molecule has 2 heterocycles. The lowest BCUT2D eigenvalue weighted by molar-refractivity contribution is -0.148. The van der Waals surface area contributed by atoms with Gasteiger partial charge < -0.3 is 15.0 Å². The lowest BCUT2D eigenvalue weighted by atomic mass is 9.89. The molecule has 2 fully saturated rings. The van der Waals surface area contributed by atoms with Crippen LogP contribution in [-0.2, 0) is 9.59 Å². The van der Waals surface area contributed by atoms with Crippen LogP contribution in [-0.4, -0.2) is 42.5 Å². The number of rotatable bonds is 3. The van der Waals surface area contributed by atoms with Crippen molar-refractivity contribution >= 4 is 11.8 Å². The number of carbonyl (C=O) groups excluding carboxylic acids is 2. The van der Waals surface area contributed by atoms with Crippen LogP contribution in [0.15, 0.2) is 24.3 Å². The third-order valence-corrected chi connectivity index (χ3v) is 4.72. The lowest BCUT2D eigenvalue weighted by Gasteiger charge is -2.38. The average Bonchev–Trinajstić information content (AvgIpc) is 2.96. The normalized spacial score (nSPS) is 27.8. The number of hydrogen-bond donors (Lipinski definition) is 1. The first-order valence-electron chi connectivity index (χ1n) is 7.77. The SMILES string of the molecule is COc1ccc(C2CCN3C(=O)C(C(C)C)NC(=O)C23)cc1. The lowest BCUT2D eigenvalue weighted by Crippen LogP contribution is -2.63. The van der Waals surface area contributed by atoms with Crippen molar-refractivity contribution in [2.45, 2.75) is 38.3 Å². The molecule has 2 amide bonds. The maximum absolute atomic E-state index is 12.6. The van der Waals surface area contributed by atoms with Crippen LogP contribution in [0.5, 0.6) is 5.75 Å². The Morgan fingerprint density at radius 3 is 2.50 bits per heavy atom. The minimum atomic E-state index is -0.390. The fourth-order valence-electron chi connectivity index (χ4n) is 3.49. The maximum atomic E-state index is 12.6. The first-order valence-corrected chi connectivity index (χ1v) is 7.77. The third-order valence-electron chi connectivity index (χ3n) is 4.72. The molecule has 0 spiro atoms. The Bertz CT molecular complexity index is 582. The molecule has 0 aromatic heterocycles. The highest BCUT2D eigenvalue weighted by molar-refractivity contribution is 5.98. The zero-order chi connectivity index (χ0) is 15.9. The number of methoxy groups -OCH3 is 1. The van der Waals surface area contributed by atoms with Gasteiger partial charge in [-0.1, -0.05) is 26.0 Å². The van der Waals surface area contributed by atoms with Gasteiger partial charge in [-0.2, -0.15) is 0 Å². The quantitative estimate of drug-likeness (QED) is 0.921. The van der Waals surface area contributed by atoms with E-state index in [0.717, 1.165) is 17.7 Å². The van der Waals surface area contributed by atoms with Gasteiger partial charge in [0.15, 0.2) is 0 Å². The Labute approximate surface area is 130 Å². The van der Waals surface area contributed by atoms with Gasteiger partial charge in [0.2, 0.25) is 11.8 Å². The molecule has 0 saturated carbocycles. The van der Waals surface area contributed by atoms with Crippen molar-refractivity contribution < 1.29 is 14.3 Å². The zero-order valence-electron chi connectivity index (χ0n) is 13.2. The van der Waals surface area contributed by atoms with Gasteiger partial charge in [-0.3, -0.25) is 9.59 Å². The Balaban J connectivity index is 1.85. The van der Waals surface area contributed by atoms with Crippen LogP contribution in [0.25, 0.3) is 0 Å². The molecular formula is C17H22N2O3.